The number of pyridine rings is 1. The van der Waals surface area contributed by atoms with Gasteiger partial charge in [-0.3, -0.25) is 0 Å². The van der Waals surface area contributed by atoms with Crippen LogP contribution in [0.2, 0.25) is 19.6 Å². The second-order valence-corrected chi connectivity index (χ2v) is 20.6. The minimum absolute atomic E-state index is 0.155. The highest BCUT2D eigenvalue weighted by atomic mass is 28.3. The van der Waals surface area contributed by atoms with E-state index in [-0.39, 0.29) is 11.8 Å². The van der Waals surface area contributed by atoms with Crippen LogP contribution in [-0.4, -0.2) is 8.07 Å². The minimum atomic E-state index is -2.33. The number of para-hydroxylation sites is 1. The van der Waals surface area contributed by atoms with Crippen molar-refractivity contribution < 1.29 is 13.1 Å². The zero-order chi connectivity index (χ0) is 38.0. The van der Waals surface area contributed by atoms with Gasteiger partial charge in [-0.15, -0.1) is 0 Å². The van der Waals surface area contributed by atoms with E-state index in [0.717, 1.165) is 77.7 Å². The van der Waals surface area contributed by atoms with Gasteiger partial charge in [-0.25, -0.2) is 4.57 Å². The topological polar surface area (TPSA) is 17.0 Å². The number of hydrogen-bond donors (Lipinski definition) is 0. The maximum Gasteiger partial charge on any atom is 0.216 e. The Morgan fingerprint density at radius 3 is 1.90 bits per heavy atom. The van der Waals surface area contributed by atoms with Crippen LogP contribution in [0.25, 0.3) is 66.6 Å². The molecule has 2 nitrogen and oxygen atoms in total. The standard InChI is InChI=1S/C47H50NOSi/c1-29(2)40-25-35(33-20-22-36(23-21-33)50(8,9)10)26-41(30(3)4)45(40)42-27-43(48(7)28-32(42)6)44-31(5)19-24-39-38-18-14-17-37(46(38)49-47(39)44)34-15-12-11-13-16-34/h11-30H,1-10H3/q+1/i6D3. The molecule has 0 atom stereocenters. The Morgan fingerprint density at radius 2 is 1.28 bits per heavy atom. The van der Waals surface area contributed by atoms with Gasteiger partial charge in [0.25, 0.3) is 0 Å². The fraction of sp³-hybridized carbons (Fsp3) is 0.255. The fourth-order valence-corrected chi connectivity index (χ4v) is 8.63. The number of hydrogen-bond acceptors (Lipinski definition) is 1. The Morgan fingerprint density at radius 1 is 0.620 bits per heavy atom. The first-order valence-corrected chi connectivity index (χ1v) is 21.4. The van der Waals surface area contributed by atoms with E-state index < -0.39 is 14.9 Å². The summed E-state index contributed by atoms with van der Waals surface area (Å²) in [7, 11) is 0.507. The molecule has 0 bridgehead atoms. The smallest absolute Gasteiger partial charge is 0.216 e. The van der Waals surface area contributed by atoms with Crippen molar-refractivity contribution in [2.45, 2.75) is 72.9 Å². The normalized spacial score (nSPS) is 13.3. The molecule has 0 amide bonds. The van der Waals surface area contributed by atoms with Crippen LogP contribution in [0.15, 0.2) is 114 Å². The van der Waals surface area contributed by atoms with E-state index in [1.54, 1.807) is 0 Å². The molecule has 3 heteroatoms. The number of aryl methyl sites for hydroxylation is 3. The minimum Gasteiger partial charge on any atom is -0.454 e. The number of nitrogens with zero attached hydrogens (tertiary/aromatic N) is 1. The van der Waals surface area contributed by atoms with Gasteiger partial charge in [-0.1, -0.05) is 150 Å². The molecule has 252 valence electrons. The molecule has 7 rings (SSSR count). The number of benzene rings is 5. The summed E-state index contributed by atoms with van der Waals surface area (Å²) < 4.78 is 35.3. The van der Waals surface area contributed by atoms with Crippen LogP contribution in [0.4, 0.5) is 0 Å². The highest BCUT2D eigenvalue weighted by Gasteiger charge is 2.27. The summed E-state index contributed by atoms with van der Waals surface area (Å²) in [5, 5.41) is 3.53. The molecule has 0 aliphatic carbocycles. The largest absolute Gasteiger partial charge is 0.454 e. The molecule has 0 unspecified atom stereocenters. The second-order valence-electron chi connectivity index (χ2n) is 15.5. The predicted octanol–water partition coefficient (Wildman–Crippen LogP) is 12.5. The lowest BCUT2D eigenvalue weighted by atomic mass is 9.81. The van der Waals surface area contributed by atoms with Crippen LogP contribution in [-0.2, 0) is 7.05 Å². The van der Waals surface area contributed by atoms with Gasteiger partial charge in [0.05, 0.1) is 13.6 Å². The summed E-state index contributed by atoms with van der Waals surface area (Å²) in [6, 6.07) is 36.8. The van der Waals surface area contributed by atoms with E-state index in [9.17, 15) is 0 Å². The van der Waals surface area contributed by atoms with Crippen LogP contribution in [0.1, 0.15) is 65.9 Å². The molecular weight excluding hydrogens is 623 g/mol. The first-order chi connectivity index (χ1) is 25.0. The lowest BCUT2D eigenvalue weighted by Gasteiger charge is -2.24. The van der Waals surface area contributed by atoms with Crippen LogP contribution in [0, 0.1) is 13.8 Å². The average Bonchev–Trinajstić information content (AvgIpc) is 3.49. The van der Waals surface area contributed by atoms with E-state index >= 15 is 0 Å². The fourth-order valence-electron chi connectivity index (χ4n) is 7.47. The highest BCUT2D eigenvalue weighted by Crippen LogP contribution is 2.44. The summed E-state index contributed by atoms with van der Waals surface area (Å²) in [6.07, 6.45) is 1.82. The van der Waals surface area contributed by atoms with Gasteiger partial charge in [0.15, 0.2) is 6.20 Å². The van der Waals surface area contributed by atoms with E-state index in [2.05, 4.69) is 139 Å². The van der Waals surface area contributed by atoms with Gasteiger partial charge >= 0.3 is 0 Å². The molecule has 0 spiro atoms. The first-order valence-electron chi connectivity index (χ1n) is 19.4. The molecule has 0 aliphatic heterocycles. The summed E-state index contributed by atoms with van der Waals surface area (Å²) in [6.45, 7) is 15.8. The van der Waals surface area contributed by atoms with Crippen LogP contribution < -0.4 is 9.75 Å². The molecule has 2 aromatic heterocycles. The van der Waals surface area contributed by atoms with E-state index in [4.69, 9.17) is 8.53 Å². The zero-order valence-electron chi connectivity index (χ0n) is 33.9. The molecule has 0 aliphatic rings. The third kappa shape index (κ3) is 5.92. The highest BCUT2D eigenvalue weighted by molar-refractivity contribution is 6.88. The summed E-state index contributed by atoms with van der Waals surface area (Å²) in [4.78, 5) is 0. The van der Waals surface area contributed by atoms with Crippen molar-refractivity contribution in [1.82, 2.24) is 0 Å². The molecule has 0 saturated heterocycles. The summed E-state index contributed by atoms with van der Waals surface area (Å²) in [5.41, 5.74) is 13.5. The van der Waals surface area contributed by atoms with Crippen LogP contribution >= 0.6 is 0 Å². The van der Waals surface area contributed by atoms with Crippen molar-refractivity contribution >= 4 is 35.2 Å². The quantitative estimate of drug-likeness (QED) is 0.121. The van der Waals surface area contributed by atoms with E-state index in [1.165, 1.54) is 10.8 Å². The van der Waals surface area contributed by atoms with Crippen molar-refractivity contribution in [1.29, 1.82) is 0 Å². The Hall–Kier alpha value is -4.73. The molecule has 0 fully saturated rings. The maximum atomic E-state index is 8.79. The van der Waals surface area contributed by atoms with Crippen molar-refractivity contribution in [2.24, 2.45) is 7.05 Å². The number of furan rings is 1. The summed E-state index contributed by atoms with van der Waals surface area (Å²) >= 11 is 0. The van der Waals surface area contributed by atoms with Crippen LogP contribution in [0.5, 0.6) is 0 Å². The Labute approximate surface area is 303 Å². The lowest BCUT2D eigenvalue weighted by molar-refractivity contribution is -0.660. The van der Waals surface area contributed by atoms with Gasteiger partial charge in [-0.05, 0) is 70.1 Å². The van der Waals surface area contributed by atoms with Crippen molar-refractivity contribution in [3.63, 3.8) is 0 Å². The van der Waals surface area contributed by atoms with Crippen molar-refractivity contribution in [3.05, 3.63) is 132 Å². The number of rotatable bonds is 7. The molecule has 7 aromatic rings. The van der Waals surface area contributed by atoms with E-state index in [0.29, 0.717) is 5.56 Å². The van der Waals surface area contributed by atoms with E-state index in [1.807, 2.05) is 36.0 Å². The number of aromatic nitrogens is 1. The molecular formula is C47H50NOSi+. The third-order valence-corrected chi connectivity index (χ3v) is 12.4. The Bertz CT molecular complexity index is 2460. The zero-order valence-corrected chi connectivity index (χ0v) is 31.9. The molecule has 0 radical (unpaired) electrons. The summed E-state index contributed by atoms with van der Waals surface area (Å²) in [5.74, 6) is 0.310. The predicted molar refractivity (Wildman–Crippen MR) is 217 cm³/mol. The van der Waals surface area contributed by atoms with Crippen molar-refractivity contribution in [2.75, 3.05) is 0 Å². The third-order valence-electron chi connectivity index (χ3n) is 10.3. The maximum absolute atomic E-state index is 8.79. The lowest BCUT2D eigenvalue weighted by Crippen LogP contribution is -2.37. The molecule has 50 heavy (non-hydrogen) atoms. The number of fused-ring (bicyclic) bond motifs is 3. The van der Waals surface area contributed by atoms with Gasteiger partial charge in [0.2, 0.25) is 5.69 Å². The Kier molecular flexibility index (Phi) is 7.75. The molecule has 0 N–H and O–H groups in total. The molecule has 5 aromatic carbocycles. The first kappa shape index (κ1) is 30.1. The van der Waals surface area contributed by atoms with Crippen LogP contribution in [0.3, 0.4) is 0 Å². The Balaban J connectivity index is 1.51. The molecule has 2 heterocycles. The van der Waals surface area contributed by atoms with Gasteiger partial charge in [-0.2, -0.15) is 0 Å². The SMILES string of the molecule is [2H]C([2H])([2H])c1c[n+](C)c(-c2c(C)ccc3c2oc2c(-c4ccccc4)cccc23)cc1-c1c(C(C)C)cc(-c2ccc([Si](C)(C)C)cc2)cc1C(C)C. The second kappa shape index (κ2) is 12.9. The van der Waals surface area contributed by atoms with Gasteiger partial charge in [0, 0.05) is 32.1 Å². The van der Waals surface area contributed by atoms with Crippen molar-refractivity contribution in [3.8, 4) is 44.6 Å². The monoisotopic (exact) mass is 675 g/mol. The molecule has 0 saturated carbocycles. The van der Waals surface area contributed by atoms with Gasteiger partial charge < -0.3 is 4.42 Å². The average molecular weight is 676 g/mol. The van der Waals surface area contributed by atoms with Gasteiger partial charge in [0.1, 0.15) is 18.2 Å².